The van der Waals surface area contributed by atoms with Gasteiger partial charge in [-0.05, 0) is 73.3 Å². The van der Waals surface area contributed by atoms with Gasteiger partial charge in [-0.1, -0.05) is 32.1 Å². The Morgan fingerprint density at radius 3 is 2.68 bits per heavy atom. The molecule has 1 aromatic carbocycles. The quantitative estimate of drug-likeness (QED) is 0.381. The molecule has 8 heteroatoms. The highest BCUT2D eigenvalue weighted by Crippen LogP contribution is 2.62. The molecule has 7 rings (SSSR count). The third-order valence-corrected chi connectivity index (χ3v) is 7.93. The van der Waals surface area contributed by atoms with Crippen molar-refractivity contribution in [3.05, 3.63) is 71.1 Å². The van der Waals surface area contributed by atoms with Gasteiger partial charge >= 0.3 is 0 Å². The molecule has 0 saturated heterocycles. The maximum Gasteiger partial charge on any atom is 0.137 e. The number of hydrogen-bond acceptors (Lipinski definition) is 7. The molecule has 1 unspecified atom stereocenters. The molecule has 37 heavy (non-hydrogen) atoms. The lowest BCUT2D eigenvalue weighted by molar-refractivity contribution is -0.0989. The number of benzene rings is 1. The van der Waals surface area contributed by atoms with Crippen LogP contribution in [0.3, 0.4) is 0 Å². The second-order valence-corrected chi connectivity index (χ2v) is 12.0. The number of nitrogens with one attached hydrogen (secondary N) is 1. The fourth-order valence-electron chi connectivity index (χ4n) is 5.78. The number of rotatable bonds is 7. The Bertz CT molecular complexity index is 1510. The van der Waals surface area contributed by atoms with Crippen LogP contribution in [0.4, 0.5) is 5.82 Å². The molecule has 3 aliphatic rings. The minimum atomic E-state index is -0.0330. The summed E-state index contributed by atoms with van der Waals surface area (Å²) in [5, 5.41) is 23.6. The lowest BCUT2D eigenvalue weighted by Crippen LogP contribution is -2.59. The summed E-state index contributed by atoms with van der Waals surface area (Å²) < 4.78 is 2.10. The van der Waals surface area contributed by atoms with E-state index in [-0.39, 0.29) is 16.9 Å². The van der Waals surface area contributed by atoms with Gasteiger partial charge in [0.05, 0.1) is 22.3 Å². The van der Waals surface area contributed by atoms with Crippen molar-refractivity contribution in [1.82, 2.24) is 29.9 Å². The number of aryl methyl sites for hydroxylation is 1. The maximum atomic E-state index is 9.99. The van der Waals surface area contributed by atoms with Gasteiger partial charge in [0.15, 0.2) is 0 Å². The Balaban J connectivity index is 1.41. The monoisotopic (exact) mass is 492 g/mol. The van der Waals surface area contributed by atoms with Crippen molar-refractivity contribution in [3.63, 3.8) is 0 Å². The van der Waals surface area contributed by atoms with Crippen LogP contribution >= 0.6 is 0 Å². The molecule has 3 aromatic heterocycles. The lowest BCUT2D eigenvalue weighted by atomic mass is 9.50. The van der Waals surface area contributed by atoms with E-state index in [1.807, 2.05) is 25.3 Å². The largest absolute Gasteiger partial charge is 0.369 e. The van der Waals surface area contributed by atoms with E-state index >= 15 is 0 Å². The smallest absolute Gasteiger partial charge is 0.137 e. The van der Waals surface area contributed by atoms with Crippen molar-refractivity contribution in [1.29, 1.82) is 5.26 Å². The van der Waals surface area contributed by atoms with Gasteiger partial charge in [-0.2, -0.15) is 5.26 Å². The second kappa shape index (κ2) is 8.62. The second-order valence-electron chi connectivity index (χ2n) is 12.0. The number of pyridine rings is 1. The van der Waals surface area contributed by atoms with E-state index in [0.29, 0.717) is 17.5 Å². The molecule has 3 heterocycles. The molecule has 0 aliphatic heterocycles. The summed E-state index contributed by atoms with van der Waals surface area (Å²) in [7, 11) is 0. The van der Waals surface area contributed by atoms with Gasteiger partial charge in [-0.3, -0.25) is 4.98 Å². The van der Waals surface area contributed by atoms with Crippen molar-refractivity contribution in [2.75, 3.05) is 11.9 Å². The van der Waals surface area contributed by atoms with Crippen LogP contribution in [-0.2, 0) is 12.0 Å². The van der Waals surface area contributed by atoms with E-state index in [4.69, 9.17) is 0 Å². The van der Waals surface area contributed by atoms with Gasteiger partial charge in [0.25, 0.3) is 0 Å². The van der Waals surface area contributed by atoms with E-state index in [0.717, 1.165) is 46.2 Å². The Hall–Kier alpha value is -3.86. The highest BCUT2D eigenvalue weighted by atomic mass is 15.5. The van der Waals surface area contributed by atoms with Gasteiger partial charge in [0.2, 0.25) is 0 Å². The molecule has 8 nitrogen and oxygen atoms in total. The van der Waals surface area contributed by atoms with Gasteiger partial charge in [-0.25, -0.2) is 14.6 Å². The third kappa shape index (κ3) is 4.22. The highest BCUT2D eigenvalue weighted by Gasteiger charge is 2.58. The SMILES string of the molecule is Cc1ncccc1C(Cc1cc(C#N)c2ncnc(NCC(C)(C)C)c2c1)c1cn(C23CC(C2)C3)nn1. The van der Waals surface area contributed by atoms with Crippen LogP contribution in [0.1, 0.15) is 74.0 Å². The van der Waals surface area contributed by atoms with E-state index in [9.17, 15) is 5.26 Å². The Labute approximate surface area is 217 Å². The maximum absolute atomic E-state index is 9.99. The first kappa shape index (κ1) is 23.5. The average Bonchev–Trinajstić information content (AvgIpc) is 3.28. The summed E-state index contributed by atoms with van der Waals surface area (Å²) in [4.78, 5) is 13.5. The number of fused-ring (bicyclic) bond motifs is 1. The van der Waals surface area contributed by atoms with Gasteiger partial charge in [0, 0.05) is 35.9 Å². The molecule has 1 N–H and O–H groups in total. The van der Waals surface area contributed by atoms with Crippen LogP contribution < -0.4 is 5.32 Å². The number of aromatic nitrogens is 6. The van der Waals surface area contributed by atoms with Gasteiger partial charge < -0.3 is 5.32 Å². The Morgan fingerprint density at radius 1 is 1.19 bits per heavy atom. The zero-order valence-corrected chi connectivity index (χ0v) is 21.9. The van der Waals surface area contributed by atoms with Crippen LogP contribution in [0, 0.1) is 29.6 Å². The normalized spacial score (nSPS) is 21.1. The molecule has 0 radical (unpaired) electrons. The summed E-state index contributed by atoms with van der Waals surface area (Å²) >= 11 is 0. The Morgan fingerprint density at radius 2 is 2.00 bits per heavy atom. The topological polar surface area (TPSA) is 105 Å². The summed E-state index contributed by atoms with van der Waals surface area (Å²) in [5.74, 6) is 1.59. The van der Waals surface area contributed by atoms with E-state index in [2.05, 4.69) is 80.4 Å². The number of nitriles is 1. The molecule has 3 saturated carbocycles. The predicted molar refractivity (Wildman–Crippen MR) is 142 cm³/mol. The van der Waals surface area contributed by atoms with Crippen molar-refractivity contribution in [2.24, 2.45) is 11.3 Å². The van der Waals surface area contributed by atoms with Crippen LogP contribution in [0.5, 0.6) is 0 Å². The summed E-state index contributed by atoms with van der Waals surface area (Å²) in [6, 6.07) is 10.5. The van der Waals surface area contributed by atoms with Crippen molar-refractivity contribution < 1.29 is 0 Å². The van der Waals surface area contributed by atoms with Crippen LogP contribution in [0.25, 0.3) is 10.9 Å². The van der Waals surface area contributed by atoms with Gasteiger partial charge in [0.1, 0.15) is 18.2 Å². The molecule has 2 bridgehead atoms. The molecule has 1 atom stereocenters. The van der Waals surface area contributed by atoms with Crippen molar-refractivity contribution in [2.45, 2.75) is 64.8 Å². The lowest BCUT2D eigenvalue weighted by Gasteiger charge is -2.61. The van der Waals surface area contributed by atoms with E-state index in [1.54, 1.807) is 0 Å². The zero-order valence-electron chi connectivity index (χ0n) is 21.9. The fraction of sp³-hybridized carbons (Fsp3) is 0.448. The zero-order chi connectivity index (χ0) is 25.8. The molecule has 188 valence electrons. The molecular formula is C29H32N8. The third-order valence-electron chi connectivity index (χ3n) is 7.93. The first-order valence-electron chi connectivity index (χ1n) is 13.0. The fourth-order valence-corrected chi connectivity index (χ4v) is 5.78. The van der Waals surface area contributed by atoms with E-state index in [1.165, 1.54) is 25.6 Å². The van der Waals surface area contributed by atoms with Crippen LogP contribution in [-0.4, -0.2) is 36.5 Å². The Kier molecular flexibility index (Phi) is 5.48. The highest BCUT2D eigenvalue weighted by molar-refractivity contribution is 5.93. The molecule has 0 spiro atoms. The summed E-state index contributed by atoms with van der Waals surface area (Å²) in [6.45, 7) is 9.33. The van der Waals surface area contributed by atoms with Crippen LogP contribution in [0.2, 0.25) is 0 Å². The van der Waals surface area contributed by atoms with Crippen molar-refractivity contribution >= 4 is 16.7 Å². The molecule has 3 fully saturated rings. The number of hydrogen-bond donors (Lipinski definition) is 1. The molecule has 3 aliphatic carbocycles. The molecular weight excluding hydrogens is 460 g/mol. The standard InChI is InChI=1S/C29H32N8/c1-18-22(6-5-7-31-18)23(25-15-37(36-35-25)29-11-20(12-29)13-29)9-19-8-21(14-30)26-24(10-19)27(34-17-33-26)32-16-28(2,3)4/h5-8,10,15,17,20,23H,9,11-13,16H2,1-4H3,(H,32,33,34). The summed E-state index contributed by atoms with van der Waals surface area (Å²) in [5.41, 5.74) is 5.56. The number of anilines is 1. The van der Waals surface area contributed by atoms with Crippen molar-refractivity contribution in [3.8, 4) is 6.07 Å². The number of nitrogens with zero attached hydrogens (tertiary/aromatic N) is 7. The minimum Gasteiger partial charge on any atom is -0.369 e. The van der Waals surface area contributed by atoms with Gasteiger partial charge in [-0.15, -0.1) is 5.10 Å². The van der Waals surface area contributed by atoms with Crippen LogP contribution in [0.15, 0.2) is 43.0 Å². The molecule has 0 amide bonds. The molecule has 4 aromatic rings. The summed E-state index contributed by atoms with van der Waals surface area (Å²) in [6.07, 6.45) is 9.80. The average molecular weight is 493 g/mol. The minimum absolute atomic E-state index is 0.0330. The van der Waals surface area contributed by atoms with E-state index < -0.39 is 0 Å². The first-order chi connectivity index (χ1) is 17.7. The first-order valence-corrected chi connectivity index (χ1v) is 13.0. The predicted octanol–water partition coefficient (Wildman–Crippen LogP) is 5.14.